The zero-order chi connectivity index (χ0) is 28.9. The number of aryl methyl sites for hydroxylation is 1. The molecule has 0 fully saturated rings. The lowest BCUT2D eigenvalue weighted by atomic mass is 9.99. The number of esters is 1. The molecule has 9 heteroatoms. The van der Waals surface area contributed by atoms with E-state index < -0.39 is 17.6 Å². The van der Waals surface area contributed by atoms with Crippen LogP contribution in [0.25, 0.3) is 11.0 Å². The molecule has 9 nitrogen and oxygen atoms in total. The fourth-order valence-electron chi connectivity index (χ4n) is 4.61. The maximum absolute atomic E-state index is 14.0. The smallest absolute Gasteiger partial charge is 0.337 e. The number of fused-ring (bicyclic) bond motifs is 1. The quantitative estimate of drug-likeness (QED) is 0.318. The van der Waals surface area contributed by atoms with Crippen LogP contribution in [0.3, 0.4) is 0 Å². The number of para-hydroxylation sites is 1. The number of ether oxygens (including phenoxy) is 1. The predicted molar refractivity (Wildman–Crippen MR) is 153 cm³/mol. The highest BCUT2D eigenvalue weighted by Gasteiger charge is 2.33. The molecule has 208 valence electrons. The predicted octanol–water partition coefficient (Wildman–Crippen LogP) is 4.25. The van der Waals surface area contributed by atoms with Crippen molar-refractivity contribution in [1.82, 2.24) is 25.2 Å². The molecule has 0 aliphatic heterocycles. The fraction of sp³-hybridized carbons (Fsp3) is 0.323. The zero-order valence-electron chi connectivity index (χ0n) is 23.5. The molecule has 40 heavy (non-hydrogen) atoms. The van der Waals surface area contributed by atoms with Gasteiger partial charge < -0.3 is 15.0 Å². The summed E-state index contributed by atoms with van der Waals surface area (Å²) in [6.07, 6.45) is 0.552. The summed E-state index contributed by atoms with van der Waals surface area (Å²) in [5, 5.41) is 11.4. The normalized spacial score (nSPS) is 12.1. The van der Waals surface area contributed by atoms with Crippen LogP contribution in [0.4, 0.5) is 0 Å². The highest BCUT2D eigenvalue weighted by Crippen LogP contribution is 2.25. The molecule has 0 bridgehead atoms. The van der Waals surface area contributed by atoms with Crippen LogP contribution >= 0.6 is 0 Å². The summed E-state index contributed by atoms with van der Waals surface area (Å²) in [7, 11) is 1.32. The van der Waals surface area contributed by atoms with Gasteiger partial charge in [-0.25, -0.2) is 9.48 Å². The van der Waals surface area contributed by atoms with Crippen molar-refractivity contribution in [2.45, 2.75) is 52.2 Å². The number of nitrogens with zero attached hydrogens (tertiary/aromatic N) is 4. The van der Waals surface area contributed by atoms with Crippen LogP contribution < -0.4 is 5.32 Å². The third-order valence-corrected chi connectivity index (χ3v) is 6.61. The third kappa shape index (κ3) is 6.72. The van der Waals surface area contributed by atoms with Crippen LogP contribution in [0.2, 0.25) is 0 Å². The summed E-state index contributed by atoms with van der Waals surface area (Å²) in [5.74, 6) is -1.08. The van der Waals surface area contributed by atoms with Crippen LogP contribution in [0.15, 0.2) is 72.8 Å². The standard InChI is InChI=1S/C31H35N5O4/c1-21-10-6-7-11-22(21)18-19-35(27(37)20-36-26-13-9-8-12-25(26)33-34-36)28(29(38)32-31(2,3)4)23-14-16-24(17-15-23)30(39)40-5/h6-17,28H,18-20H2,1-5H3,(H,32,38)/t28-/m0/s1. The van der Waals surface area contributed by atoms with Crippen molar-refractivity contribution in [3.63, 3.8) is 0 Å². The van der Waals surface area contributed by atoms with E-state index in [-0.39, 0.29) is 24.9 Å². The van der Waals surface area contributed by atoms with E-state index in [1.807, 2.05) is 76.2 Å². The lowest BCUT2D eigenvalue weighted by Crippen LogP contribution is -2.50. The van der Waals surface area contributed by atoms with Crippen LogP contribution in [0, 0.1) is 6.92 Å². The van der Waals surface area contributed by atoms with Gasteiger partial charge in [-0.15, -0.1) is 5.10 Å². The van der Waals surface area contributed by atoms with E-state index in [4.69, 9.17) is 4.74 Å². The molecule has 0 radical (unpaired) electrons. The monoisotopic (exact) mass is 541 g/mol. The van der Waals surface area contributed by atoms with Gasteiger partial charge in [0, 0.05) is 12.1 Å². The van der Waals surface area contributed by atoms with E-state index in [0.717, 1.165) is 16.6 Å². The molecule has 2 amide bonds. The van der Waals surface area contributed by atoms with E-state index in [0.29, 0.717) is 23.1 Å². The minimum absolute atomic E-state index is 0.0895. The molecule has 0 spiro atoms. The summed E-state index contributed by atoms with van der Waals surface area (Å²) in [5.41, 5.74) is 4.01. The Balaban J connectivity index is 1.75. The molecule has 4 aromatic rings. The van der Waals surface area contributed by atoms with Gasteiger partial charge in [0.25, 0.3) is 0 Å². The van der Waals surface area contributed by atoms with Crippen LogP contribution in [0.1, 0.15) is 53.9 Å². The minimum Gasteiger partial charge on any atom is -0.465 e. The van der Waals surface area contributed by atoms with Crippen molar-refractivity contribution in [2.24, 2.45) is 0 Å². The lowest BCUT2D eigenvalue weighted by Gasteiger charge is -2.34. The number of aromatic nitrogens is 3. The van der Waals surface area contributed by atoms with Gasteiger partial charge >= 0.3 is 5.97 Å². The maximum Gasteiger partial charge on any atom is 0.337 e. The minimum atomic E-state index is -0.947. The van der Waals surface area contributed by atoms with Gasteiger partial charge in [-0.05, 0) is 75.1 Å². The van der Waals surface area contributed by atoms with Gasteiger partial charge in [-0.1, -0.05) is 53.7 Å². The Hall–Kier alpha value is -4.53. The number of hydrogen-bond donors (Lipinski definition) is 1. The Morgan fingerprint density at radius 2 is 1.65 bits per heavy atom. The summed E-state index contributed by atoms with van der Waals surface area (Å²) in [6, 6.07) is 21.1. The molecular formula is C31H35N5O4. The molecule has 4 rings (SSSR count). The maximum atomic E-state index is 14.0. The Kier molecular flexibility index (Phi) is 8.62. The fourth-order valence-corrected chi connectivity index (χ4v) is 4.61. The molecule has 1 aromatic heterocycles. The average molecular weight is 542 g/mol. The molecule has 1 atom stereocenters. The number of carbonyl (C=O) groups is 3. The van der Waals surface area contributed by atoms with Crippen molar-refractivity contribution in [1.29, 1.82) is 0 Å². The number of methoxy groups -OCH3 is 1. The SMILES string of the molecule is COC(=O)c1ccc([C@@H](C(=O)NC(C)(C)C)N(CCc2ccccc2C)C(=O)Cn2nnc3ccccc32)cc1. The van der Waals surface area contributed by atoms with Crippen molar-refractivity contribution >= 4 is 28.8 Å². The molecule has 0 aliphatic carbocycles. The van der Waals surface area contributed by atoms with Gasteiger partial charge in [-0.3, -0.25) is 9.59 Å². The first-order valence-corrected chi connectivity index (χ1v) is 13.2. The Morgan fingerprint density at radius 1 is 0.975 bits per heavy atom. The zero-order valence-corrected chi connectivity index (χ0v) is 23.5. The van der Waals surface area contributed by atoms with Crippen molar-refractivity contribution in [3.05, 3.63) is 95.1 Å². The number of amides is 2. The molecule has 0 unspecified atom stereocenters. The molecular weight excluding hydrogens is 506 g/mol. The van der Waals surface area contributed by atoms with E-state index in [9.17, 15) is 14.4 Å². The van der Waals surface area contributed by atoms with Gasteiger partial charge in [-0.2, -0.15) is 0 Å². The van der Waals surface area contributed by atoms with Gasteiger partial charge in [0.1, 0.15) is 18.1 Å². The van der Waals surface area contributed by atoms with Crippen molar-refractivity contribution < 1.29 is 19.1 Å². The van der Waals surface area contributed by atoms with Gasteiger partial charge in [0.05, 0.1) is 18.2 Å². The molecule has 1 N–H and O–H groups in total. The molecule has 0 aliphatic rings. The first-order valence-electron chi connectivity index (χ1n) is 13.2. The number of benzene rings is 3. The number of carbonyl (C=O) groups excluding carboxylic acids is 3. The second-order valence-electron chi connectivity index (χ2n) is 10.8. The molecule has 1 heterocycles. The summed E-state index contributed by atoms with van der Waals surface area (Å²) >= 11 is 0. The molecule has 0 saturated carbocycles. The molecule has 0 saturated heterocycles. The Morgan fingerprint density at radius 3 is 2.33 bits per heavy atom. The van der Waals surface area contributed by atoms with Crippen LogP contribution in [0.5, 0.6) is 0 Å². The van der Waals surface area contributed by atoms with Crippen molar-refractivity contribution in [3.8, 4) is 0 Å². The van der Waals surface area contributed by atoms with Crippen LogP contribution in [-0.2, 0) is 27.3 Å². The summed E-state index contributed by atoms with van der Waals surface area (Å²) in [4.78, 5) is 41.5. The van der Waals surface area contributed by atoms with Gasteiger partial charge in [0.2, 0.25) is 11.8 Å². The second-order valence-corrected chi connectivity index (χ2v) is 10.8. The topological polar surface area (TPSA) is 106 Å². The third-order valence-electron chi connectivity index (χ3n) is 6.61. The summed E-state index contributed by atoms with van der Waals surface area (Å²) < 4.78 is 6.38. The van der Waals surface area contributed by atoms with E-state index >= 15 is 0 Å². The van der Waals surface area contributed by atoms with Crippen molar-refractivity contribution in [2.75, 3.05) is 13.7 Å². The van der Waals surface area contributed by atoms with E-state index in [1.54, 1.807) is 33.8 Å². The Bertz CT molecular complexity index is 1500. The average Bonchev–Trinajstić information content (AvgIpc) is 3.33. The largest absolute Gasteiger partial charge is 0.465 e. The first kappa shape index (κ1) is 28.5. The summed E-state index contributed by atoms with van der Waals surface area (Å²) in [6.45, 7) is 7.90. The van der Waals surface area contributed by atoms with Crippen LogP contribution in [-0.4, -0.2) is 56.9 Å². The first-order chi connectivity index (χ1) is 19.1. The molecule has 3 aromatic carbocycles. The highest BCUT2D eigenvalue weighted by molar-refractivity contribution is 5.91. The van der Waals surface area contributed by atoms with E-state index in [1.165, 1.54) is 7.11 Å². The number of rotatable bonds is 9. The Labute approximate surface area is 234 Å². The number of hydrogen-bond acceptors (Lipinski definition) is 6. The van der Waals surface area contributed by atoms with Gasteiger partial charge in [0.15, 0.2) is 0 Å². The number of nitrogens with one attached hydrogen (secondary N) is 1. The lowest BCUT2D eigenvalue weighted by molar-refractivity contribution is -0.142. The highest BCUT2D eigenvalue weighted by atomic mass is 16.5. The van der Waals surface area contributed by atoms with E-state index in [2.05, 4.69) is 15.6 Å². The second kappa shape index (κ2) is 12.1.